The van der Waals surface area contributed by atoms with Crippen LogP contribution in [-0.2, 0) is 0 Å². The van der Waals surface area contributed by atoms with E-state index < -0.39 is 29.0 Å². The van der Waals surface area contributed by atoms with Gasteiger partial charge in [0.25, 0.3) is 0 Å². The Morgan fingerprint density at radius 2 is 1.55 bits per heavy atom. The van der Waals surface area contributed by atoms with E-state index in [0.29, 0.717) is 5.33 Å². The number of hydrogen-bond donors (Lipinski definition) is 0. The van der Waals surface area contributed by atoms with Crippen LogP contribution in [0.5, 0.6) is 5.75 Å². The summed E-state index contributed by atoms with van der Waals surface area (Å²) in [7, 11) is 0. The van der Waals surface area contributed by atoms with Crippen LogP contribution < -0.4 is 4.74 Å². The van der Waals surface area contributed by atoms with Gasteiger partial charge < -0.3 is 4.74 Å². The van der Waals surface area contributed by atoms with Gasteiger partial charge in [0, 0.05) is 16.8 Å². The first-order valence-electron chi connectivity index (χ1n) is 6.51. The molecule has 0 atom stereocenters. The highest BCUT2D eigenvalue weighted by Gasteiger charge is 2.33. The number of halogens is 5. The fraction of sp³-hybridized carbons (Fsp3) is 0.571. The fourth-order valence-electron chi connectivity index (χ4n) is 2.52. The Kier molecular flexibility index (Phi) is 4.94. The van der Waals surface area contributed by atoms with E-state index in [4.69, 9.17) is 4.74 Å². The summed E-state index contributed by atoms with van der Waals surface area (Å²) in [5.41, 5.74) is -0.236. The van der Waals surface area contributed by atoms with Crippen molar-refractivity contribution < 1.29 is 22.3 Å². The van der Waals surface area contributed by atoms with E-state index in [1.54, 1.807) is 0 Å². The van der Waals surface area contributed by atoms with Crippen LogP contribution in [0.1, 0.15) is 32.1 Å². The average Bonchev–Trinajstić information content (AvgIpc) is 2.46. The maximum absolute atomic E-state index is 13.5. The molecule has 0 spiro atoms. The average molecular weight is 355 g/mol. The quantitative estimate of drug-likeness (QED) is 0.421. The predicted molar refractivity (Wildman–Crippen MR) is 71.1 cm³/mol. The summed E-state index contributed by atoms with van der Waals surface area (Å²) in [6.07, 6.45) is 4.86. The first kappa shape index (κ1) is 15.6. The molecule has 1 aliphatic rings. The van der Waals surface area contributed by atoms with Gasteiger partial charge in [-0.25, -0.2) is 8.78 Å². The highest BCUT2D eigenvalue weighted by atomic mass is 79.9. The molecule has 0 saturated heterocycles. The van der Waals surface area contributed by atoms with Gasteiger partial charge in [-0.1, -0.05) is 35.2 Å². The van der Waals surface area contributed by atoms with Crippen LogP contribution in [0, 0.1) is 28.7 Å². The largest absolute Gasteiger partial charge is 0.487 e. The maximum Gasteiger partial charge on any atom is 0.203 e. The van der Waals surface area contributed by atoms with Crippen LogP contribution in [0.2, 0.25) is 0 Å². The van der Waals surface area contributed by atoms with Gasteiger partial charge >= 0.3 is 0 Å². The molecule has 1 fully saturated rings. The molecule has 1 saturated carbocycles. The highest BCUT2D eigenvalue weighted by Crippen LogP contribution is 2.39. The Balaban J connectivity index is 2.18. The van der Waals surface area contributed by atoms with E-state index in [2.05, 4.69) is 15.9 Å². The van der Waals surface area contributed by atoms with Crippen molar-refractivity contribution in [2.75, 3.05) is 11.9 Å². The molecule has 0 amide bonds. The molecule has 0 N–H and O–H groups in total. The zero-order valence-electron chi connectivity index (χ0n) is 10.8. The topological polar surface area (TPSA) is 9.23 Å². The van der Waals surface area contributed by atoms with Gasteiger partial charge in [0.2, 0.25) is 11.6 Å². The molecule has 1 aliphatic carbocycles. The van der Waals surface area contributed by atoms with Crippen LogP contribution in [0.4, 0.5) is 17.6 Å². The predicted octanol–water partition coefficient (Wildman–Crippen LogP) is 4.97. The second-order valence-corrected chi connectivity index (χ2v) is 5.84. The number of alkyl halides is 1. The third kappa shape index (κ3) is 3.10. The number of hydrogen-bond acceptors (Lipinski definition) is 1. The first-order chi connectivity index (χ1) is 9.49. The molecule has 1 aromatic rings. The van der Waals surface area contributed by atoms with Crippen molar-refractivity contribution >= 4 is 15.9 Å². The minimum atomic E-state index is -1.48. The summed E-state index contributed by atoms with van der Waals surface area (Å²) in [6, 6.07) is 0.179. The van der Waals surface area contributed by atoms with E-state index in [1.165, 1.54) is 0 Å². The van der Waals surface area contributed by atoms with Gasteiger partial charge in [-0.3, -0.25) is 0 Å². The van der Waals surface area contributed by atoms with Crippen molar-refractivity contribution in [1.82, 2.24) is 0 Å². The molecule has 2 rings (SSSR count). The Bertz CT molecular complexity index is 460. The number of rotatable bonds is 4. The molecule has 112 valence electrons. The molecule has 0 bridgehead atoms. The number of ether oxygens (including phenoxy) is 1. The summed E-state index contributed by atoms with van der Waals surface area (Å²) in [4.78, 5) is 0. The van der Waals surface area contributed by atoms with Crippen molar-refractivity contribution in [3.05, 3.63) is 29.3 Å². The monoisotopic (exact) mass is 354 g/mol. The lowest BCUT2D eigenvalue weighted by Crippen LogP contribution is -2.33. The minimum absolute atomic E-state index is 0.0367. The van der Waals surface area contributed by atoms with Crippen LogP contribution in [0.3, 0.4) is 0 Å². The van der Waals surface area contributed by atoms with E-state index in [-0.39, 0.29) is 18.1 Å². The number of benzene rings is 1. The molecule has 0 aliphatic heterocycles. The Morgan fingerprint density at radius 3 is 2.05 bits per heavy atom. The normalized spacial score (nSPS) is 18.1. The second kappa shape index (κ2) is 6.33. The summed E-state index contributed by atoms with van der Waals surface area (Å²) in [5.74, 6) is -6.83. The van der Waals surface area contributed by atoms with E-state index in [0.717, 1.165) is 32.1 Å². The molecule has 0 heterocycles. The Morgan fingerprint density at radius 1 is 1.00 bits per heavy atom. The van der Waals surface area contributed by atoms with Gasteiger partial charge in [0.1, 0.15) is 0 Å². The van der Waals surface area contributed by atoms with Crippen molar-refractivity contribution in [1.29, 1.82) is 0 Å². The van der Waals surface area contributed by atoms with Gasteiger partial charge in [-0.15, -0.1) is 0 Å². The van der Waals surface area contributed by atoms with Crippen LogP contribution in [-0.4, -0.2) is 11.9 Å². The highest BCUT2D eigenvalue weighted by molar-refractivity contribution is 9.09. The molecular weight excluding hydrogens is 340 g/mol. The van der Waals surface area contributed by atoms with Gasteiger partial charge in [-0.05, 0) is 12.8 Å². The molecule has 1 aromatic carbocycles. The SMILES string of the molecule is Fc1cc(F)c(F)c(OCC2(CBr)CCCCC2)c1F. The van der Waals surface area contributed by atoms with Crippen molar-refractivity contribution in [2.45, 2.75) is 32.1 Å². The third-order valence-electron chi connectivity index (χ3n) is 3.79. The molecule has 0 aromatic heterocycles. The zero-order chi connectivity index (χ0) is 14.8. The lowest BCUT2D eigenvalue weighted by atomic mass is 9.76. The second-order valence-electron chi connectivity index (χ2n) is 5.28. The fourth-order valence-corrected chi connectivity index (χ4v) is 3.24. The lowest BCUT2D eigenvalue weighted by Gasteiger charge is -2.35. The van der Waals surface area contributed by atoms with Crippen molar-refractivity contribution in [3.63, 3.8) is 0 Å². The molecule has 1 nitrogen and oxygen atoms in total. The Hall–Kier alpha value is -0.780. The van der Waals surface area contributed by atoms with Gasteiger partial charge in [0.15, 0.2) is 17.4 Å². The molecule has 20 heavy (non-hydrogen) atoms. The smallest absolute Gasteiger partial charge is 0.203 e. The van der Waals surface area contributed by atoms with E-state index in [1.807, 2.05) is 0 Å². The van der Waals surface area contributed by atoms with Gasteiger partial charge in [0.05, 0.1) is 6.61 Å². The summed E-state index contributed by atoms with van der Waals surface area (Å²) >= 11 is 3.39. The Labute approximate surface area is 123 Å². The first-order valence-corrected chi connectivity index (χ1v) is 7.63. The zero-order valence-corrected chi connectivity index (χ0v) is 12.4. The van der Waals surface area contributed by atoms with Crippen LogP contribution in [0.25, 0.3) is 0 Å². The minimum Gasteiger partial charge on any atom is -0.487 e. The molecule has 0 unspecified atom stereocenters. The third-order valence-corrected chi connectivity index (χ3v) is 4.98. The molecular formula is C14H15BrF4O. The lowest BCUT2D eigenvalue weighted by molar-refractivity contribution is 0.113. The summed E-state index contributed by atoms with van der Waals surface area (Å²) in [6.45, 7) is 0.0367. The van der Waals surface area contributed by atoms with Crippen molar-refractivity contribution in [2.24, 2.45) is 5.41 Å². The standard InChI is InChI=1S/C14H15BrF4O/c15-7-14(4-2-1-3-5-14)8-20-13-11(18)9(16)6-10(17)12(13)19/h6H,1-5,7-8H2. The summed E-state index contributed by atoms with van der Waals surface area (Å²) < 4.78 is 58.3. The van der Waals surface area contributed by atoms with Crippen LogP contribution in [0.15, 0.2) is 6.07 Å². The van der Waals surface area contributed by atoms with E-state index >= 15 is 0 Å². The van der Waals surface area contributed by atoms with Crippen molar-refractivity contribution in [3.8, 4) is 5.75 Å². The van der Waals surface area contributed by atoms with E-state index in [9.17, 15) is 17.6 Å². The summed E-state index contributed by atoms with van der Waals surface area (Å²) in [5, 5.41) is 0.626. The van der Waals surface area contributed by atoms with Gasteiger partial charge in [-0.2, -0.15) is 8.78 Å². The van der Waals surface area contributed by atoms with Crippen LogP contribution >= 0.6 is 15.9 Å². The maximum atomic E-state index is 13.5. The molecule has 0 radical (unpaired) electrons. The molecule has 6 heteroatoms.